The van der Waals surface area contributed by atoms with Gasteiger partial charge in [-0.1, -0.05) is 48.0 Å². The molecule has 3 aromatic rings. The third-order valence-electron chi connectivity index (χ3n) is 4.01. The number of ether oxygens (including phenoxy) is 1. The van der Waals surface area contributed by atoms with Gasteiger partial charge in [-0.3, -0.25) is 9.59 Å². The molecule has 0 aliphatic heterocycles. The fraction of sp³-hybridized carbons (Fsp3) is 0.100. The van der Waals surface area contributed by atoms with Crippen molar-refractivity contribution in [3.05, 3.63) is 96.1 Å². The van der Waals surface area contributed by atoms with E-state index in [2.05, 4.69) is 4.98 Å². The zero-order valence-electron chi connectivity index (χ0n) is 14.3. The molecule has 6 heteroatoms. The van der Waals surface area contributed by atoms with Crippen LogP contribution in [-0.2, 0) is 7.05 Å². The quantitative estimate of drug-likeness (QED) is 0.760. The van der Waals surface area contributed by atoms with Crippen molar-refractivity contribution in [2.24, 2.45) is 7.05 Å². The number of aromatic nitrogens is 2. The first-order valence-electron chi connectivity index (χ1n) is 7.91. The van der Waals surface area contributed by atoms with Crippen LogP contribution in [0.3, 0.4) is 0 Å². The first-order chi connectivity index (χ1) is 12.5. The molecule has 0 radical (unpaired) electrons. The van der Waals surface area contributed by atoms with Crippen LogP contribution in [0.2, 0.25) is 5.02 Å². The summed E-state index contributed by atoms with van der Waals surface area (Å²) < 4.78 is 6.61. The van der Waals surface area contributed by atoms with Gasteiger partial charge in [0.15, 0.2) is 0 Å². The first kappa shape index (κ1) is 17.8. The highest BCUT2D eigenvalue weighted by Gasteiger charge is 2.04. The molecular weight excluding hydrogens is 352 g/mol. The number of para-hydroxylation sites is 1. The molecule has 0 unspecified atom stereocenters. The lowest BCUT2D eigenvalue weighted by Crippen LogP contribution is -2.52. The molecule has 0 aliphatic carbocycles. The van der Waals surface area contributed by atoms with E-state index in [1.54, 1.807) is 50.6 Å². The van der Waals surface area contributed by atoms with E-state index in [9.17, 15) is 9.59 Å². The van der Waals surface area contributed by atoms with Crippen LogP contribution < -0.4 is 26.6 Å². The summed E-state index contributed by atoms with van der Waals surface area (Å²) in [6, 6.07) is 14.4. The van der Waals surface area contributed by atoms with Crippen LogP contribution in [-0.4, -0.2) is 16.7 Å². The molecule has 0 aliphatic rings. The molecule has 0 amide bonds. The van der Waals surface area contributed by atoms with Crippen molar-refractivity contribution in [1.29, 1.82) is 0 Å². The van der Waals surface area contributed by atoms with Crippen molar-refractivity contribution in [1.82, 2.24) is 9.55 Å². The van der Waals surface area contributed by atoms with E-state index in [1.165, 1.54) is 4.57 Å². The van der Waals surface area contributed by atoms with Crippen LogP contribution in [0.5, 0.6) is 5.75 Å². The Labute approximate surface area is 154 Å². The minimum Gasteiger partial charge on any atom is -0.496 e. The molecule has 0 saturated carbocycles. The van der Waals surface area contributed by atoms with Crippen LogP contribution in [0.4, 0.5) is 0 Å². The van der Waals surface area contributed by atoms with Crippen LogP contribution in [0, 0.1) is 0 Å². The molecule has 3 rings (SSSR count). The zero-order valence-corrected chi connectivity index (χ0v) is 15.1. The van der Waals surface area contributed by atoms with Crippen molar-refractivity contribution >= 4 is 23.8 Å². The second-order valence-corrected chi connectivity index (χ2v) is 6.08. The first-order valence-corrected chi connectivity index (χ1v) is 8.29. The lowest BCUT2D eigenvalue weighted by atomic mass is 10.2. The molecule has 2 aromatic carbocycles. The lowest BCUT2D eigenvalue weighted by molar-refractivity contribution is 0.414. The average Bonchev–Trinajstić information content (AvgIpc) is 2.65. The number of benzene rings is 2. The highest BCUT2D eigenvalue weighted by Crippen LogP contribution is 2.17. The second-order valence-electron chi connectivity index (χ2n) is 5.67. The number of nitrogens with zero attached hydrogens (tertiary/aromatic N) is 1. The van der Waals surface area contributed by atoms with E-state index in [-0.39, 0.29) is 21.8 Å². The number of nitrogens with one attached hydrogen (secondary N) is 1. The van der Waals surface area contributed by atoms with Gasteiger partial charge in [0.2, 0.25) is 0 Å². The summed E-state index contributed by atoms with van der Waals surface area (Å²) in [6.07, 6.45) is 3.19. The molecule has 132 valence electrons. The number of hydrogen-bond donors (Lipinski definition) is 1. The summed E-state index contributed by atoms with van der Waals surface area (Å²) in [6.45, 7) is 0. The van der Waals surface area contributed by atoms with Crippen molar-refractivity contribution in [3.63, 3.8) is 0 Å². The standard InChI is InChI=1S/C20H17ClN2O3/c1-23-17(12-14-8-4-6-10-18(14)26-2)19(24)22-16(20(23)25)11-13-7-3-5-9-15(13)21/h3-12H,1-2H3,(H,22,24)/b16-11+,17-12+. The van der Waals surface area contributed by atoms with Crippen molar-refractivity contribution in [3.8, 4) is 5.75 Å². The van der Waals surface area contributed by atoms with Gasteiger partial charge in [0, 0.05) is 17.6 Å². The molecule has 0 atom stereocenters. The lowest BCUT2D eigenvalue weighted by Gasteiger charge is -2.04. The summed E-state index contributed by atoms with van der Waals surface area (Å²) in [5.74, 6) is 0.617. The highest BCUT2D eigenvalue weighted by molar-refractivity contribution is 6.32. The monoisotopic (exact) mass is 368 g/mol. The van der Waals surface area contributed by atoms with E-state index < -0.39 is 0 Å². The maximum atomic E-state index is 12.7. The van der Waals surface area contributed by atoms with Gasteiger partial charge in [0.1, 0.15) is 16.4 Å². The van der Waals surface area contributed by atoms with E-state index in [0.29, 0.717) is 21.9 Å². The maximum absolute atomic E-state index is 12.7. The van der Waals surface area contributed by atoms with Crippen LogP contribution in [0.1, 0.15) is 11.1 Å². The van der Waals surface area contributed by atoms with Gasteiger partial charge in [0.25, 0.3) is 11.1 Å². The Hall–Kier alpha value is -3.05. The van der Waals surface area contributed by atoms with Gasteiger partial charge >= 0.3 is 0 Å². The Bertz CT molecular complexity index is 1190. The van der Waals surface area contributed by atoms with E-state index >= 15 is 0 Å². The van der Waals surface area contributed by atoms with E-state index in [1.807, 2.05) is 24.3 Å². The van der Waals surface area contributed by atoms with Gasteiger partial charge in [-0.15, -0.1) is 0 Å². The van der Waals surface area contributed by atoms with Crippen LogP contribution in [0.15, 0.2) is 58.1 Å². The highest BCUT2D eigenvalue weighted by atomic mass is 35.5. The number of aromatic amines is 1. The molecule has 0 saturated heterocycles. The van der Waals surface area contributed by atoms with E-state index in [0.717, 1.165) is 0 Å². The largest absolute Gasteiger partial charge is 0.496 e. The summed E-state index contributed by atoms with van der Waals surface area (Å²) >= 11 is 6.13. The number of methoxy groups -OCH3 is 1. The predicted octanol–water partition coefficient (Wildman–Crippen LogP) is 1.39. The summed E-state index contributed by atoms with van der Waals surface area (Å²) in [7, 11) is 3.11. The fourth-order valence-corrected chi connectivity index (χ4v) is 2.81. The minimum atomic E-state index is -0.378. The average molecular weight is 369 g/mol. The summed E-state index contributed by atoms with van der Waals surface area (Å²) in [4.78, 5) is 27.9. The Morgan fingerprint density at radius 3 is 2.35 bits per heavy atom. The topological polar surface area (TPSA) is 64.1 Å². The van der Waals surface area contributed by atoms with Crippen LogP contribution in [0.25, 0.3) is 12.2 Å². The van der Waals surface area contributed by atoms with Gasteiger partial charge in [-0.05, 0) is 29.8 Å². The number of H-pyrrole nitrogens is 1. The van der Waals surface area contributed by atoms with Crippen molar-refractivity contribution in [2.45, 2.75) is 0 Å². The van der Waals surface area contributed by atoms with Crippen molar-refractivity contribution in [2.75, 3.05) is 7.11 Å². The molecule has 0 fully saturated rings. The predicted molar refractivity (Wildman–Crippen MR) is 103 cm³/mol. The summed E-state index contributed by atoms with van der Waals surface area (Å²) in [5.41, 5.74) is 0.656. The normalized spacial score (nSPS) is 12.4. The molecule has 1 N–H and O–H groups in total. The SMILES string of the molecule is COc1ccccc1/C=c1\c(=O)[nH]/c(=C/c2ccccc2Cl)c(=O)n1C. The van der Waals surface area contributed by atoms with Crippen LogP contribution >= 0.6 is 11.6 Å². The van der Waals surface area contributed by atoms with E-state index in [4.69, 9.17) is 16.3 Å². The molecular formula is C20H17ClN2O3. The molecule has 1 heterocycles. The third kappa shape index (κ3) is 3.48. The Morgan fingerprint density at radius 2 is 1.65 bits per heavy atom. The number of rotatable bonds is 3. The molecule has 0 spiro atoms. The van der Waals surface area contributed by atoms with Gasteiger partial charge in [0.05, 0.1) is 7.11 Å². The van der Waals surface area contributed by atoms with Crippen molar-refractivity contribution < 1.29 is 4.74 Å². The molecule has 0 bridgehead atoms. The second kappa shape index (κ2) is 7.45. The Balaban J connectivity index is 2.26. The van der Waals surface area contributed by atoms with Gasteiger partial charge in [-0.25, -0.2) is 0 Å². The third-order valence-corrected chi connectivity index (χ3v) is 4.36. The zero-order chi connectivity index (χ0) is 18.7. The molecule has 1 aromatic heterocycles. The fourth-order valence-electron chi connectivity index (χ4n) is 2.62. The maximum Gasteiger partial charge on any atom is 0.274 e. The van der Waals surface area contributed by atoms with Gasteiger partial charge in [-0.2, -0.15) is 0 Å². The molecule has 5 nitrogen and oxygen atoms in total. The number of halogens is 1. The Kier molecular flexibility index (Phi) is 5.09. The Morgan fingerprint density at radius 1 is 1.00 bits per heavy atom. The minimum absolute atomic E-state index is 0.169. The van der Waals surface area contributed by atoms with Gasteiger partial charge < -0.3 is 14.3 Å². The summed E-state index contributed by atoms with van der Waals surface area (Å²) in [5, 5.41) is 0.902. The molecule has 26 heavy (non-hydrogen) atoms. The smallest absolute Gasteiger partial charge is 0.274 e. The number of hydrogen-bond acceptors (Lipinski definition) is 3.